The van der Waals surface area contributed by atoms with Crippen LogP contribution in [0, 0.1) is 13.8 Å². The van der Waals surface area contributed by atoms with Crippen LogP contribution in [-0.2, 0) is 26.1 Å². The van der Waals surface area contributed by atoms with Crippen molar-refractivity contribution in [1.82, 2.24) is 5.16 Å². The summed E-state index contributed by atoms with van der Waals surface area (Å²) in [5.41, 5.74) is 0.925. The van der Waals surface area contributed by atoms with E-state index < -0.39 is 10.1 Å². The molecule has 118 valence electrons. The number of hydrogen-bond acceptors (Lipinski definition) is 7. The summed E-state index contributed by atoms with van der Waals surface area (Å²) < 4.78 is 38.9. The van der Waals surface area contributed by atoms with Gasteiger partial charge in [-0.05, 0) is 31.5 Å². The molecule has 8 heteroatoms. The van der Waals surface area contributed by atoms with Gasteiger partial charge in [-0.3, -0.25) is 4.79 Å². The van der Waals surface area contributed by atoms with Crippen LogP contribution in [0.2, 0.25) is 0 Å². The lowest BCUT2D eigenvalue weighted by Crippen LogP contribution is -2.11. The lowest BCUT2D eigenvalue weighted by molar-refractivity contribution is -0.139. The number of benzene rings is 1. The van der Waals surface area contributed by atoms with E-state index in [1.165, 1.54) is 33.1 Å². The van der Waals surface area contributed by atoms with Crippen molar-refractivity contribution in [3.63, 3.8) is 0 Å². The normalized spacial score (nSPS) is 11.2. The predicted molar refractivity (Wildman–Crippen MR) is 76.0 cm³/mol. The van der Waals surface area contributed by atoms with E-state index in [1.54, 1.807) is 12.1 Å². The van der Waals surface area contributed by atoms with Crippen LogP contribution in [0.15, 0.2) is 33.7 Å². The molecule has 0 aliphatic rings. The zero-order valence-electron chi connectivity index (χ0n) is 12.3. The number of carbonyl (C=O) groups is 1. The second-order valence-corrected chi connectivity index (χ2v) is 6.07. The van der Waals surface area contributed by atoms with Crippen molar-refractivity contribution in [1.29, 1.82) is 0 Å². The number of aromatic nitrogens is 1. The minimum Gasteiger partial charge on any atom is -0.469 e. The molecule has 0 spiro atoms. The highest BCUT2D eigenvalue weighted by atomic mass is 32.2. The third-order valence-electron chi connectivity index (χ3n) is 2.92. The third kappa shape index (κ3) is 3.45. The molecule has 0 unspecified atom stereocenters. The van der Waals surface area contributed by atoms with Crippen molar-refractivity contribution in [3.05, 3.63) is 41.3 Å². The summed E-state index contributed by atoms with van der Waals surface area (Å²) in [6, 6.07) is 6.12. The minimum absolute atomic E-state index is 0.0777. The fourth-order valence-electron chi connectivity index (χ4n) is 1.90. The van der Waals surface area contributed by atoms with E-state index in [4.69, 9.17) is 8.71 Å². The van der Waals surface area contributed by atoms with E-state index in [0.29, 0.717) is 5.56 Å². The minimum atomic E-state index is -4.02. The van der Waals surface area contributed by atoms with Gasteiger partial charge in [0, 0.05) is 0 Å². The molecular formula is C14H15NO6S. The Bertz CT molecular complexity index is 757. The average Bonchev–Trinajstić information content (AvgIpc) is 2.80. The van der Waals surface area contributed by atoms with Crippen LogP contribution < -0.4 is 4.18 Å². The van der Waals surface area contributed by atoms with Gasteiger partial charge in [-0.25, -0.2) is 0 Å². The number of methoxy groups -OCH3 is 1. The maximum Gasteiger partial charge on any atom is 0.344 e. The van der Waals surface area contributed by atoms with Gasteiger partial charge in [-0.2, -0.15) is 8.42 Å². The number of nitrogens with zero attached hydrogens (tertiary/aromatic N) is 1. The van der Waals surface area contributed by atoms with Crippen LogP contribution in [0.1, 0.15) is 17.0 Å². The molecule has 0 N–H and O–H groups in total. The van der Waals surface area contributed by atoms with Crippen molar-refractivity contribution < 1.29 is 26.7 Å². The highest BCUT2D eigenvalue weighted by Gasteiger charge is 2.26. The van der Waals surface area contributed by atoms with Crippen molar-refractivity contribution >= 4 is 16.1 Å². The van der Waals surface area contributed by atoms with Crippen LogP contribution in [0.4, 0.5) is 0 Å². The van der Waals surface area contributed by atoms with Gasteiger partial charge in [0.1, 0.15) is 11.4 Å². The van der Waals surface area contributed by atoms with E-state index in [0.717, 1.165) is 0 Å². The molecule has 0 aliphatic carbocycles. The molecule has 0 bridgehead atoms. The van der Waals surface area contributed by atoms with Crippen LogP contribution in [0.3, 0.4) is 0 Å². The topological polar surface area (TPSA) is 95.7 Å². The number of rotatable bonds is 5. The first kappa shape index (κ1) is 16.0. The van der Waals surface area contributed by atoms with E-state index in [1.807, 2.05) is 0 Å². The molecule has 7 nitrogen and oxygen atoms in total. The summed E-state index contributed by atoms with van der Waals surface area (Å²) in [5.74, 6) is -0.0783. The molecule has 0 aliphatic heterocycles. The monoisotopic (exact) mass is 325 g/mol. The van der Waals surface area contributed by atoms with Crippen LogP contribution in [-0.4, -0.2) is 26.7 Å². The van der Waals surface area contributed by atoms with Gasteiger partial charge in [-0.1, -0.05) is 17.3 Å². The molecule has 0 fully saturated rings. The maximum absolute atomic E-state index is 12.2. The Morgan fingerprint density at radius 2 is 1.86 bits per heavy atom. The predicted octanol–water partition coefficient (Wildman–Crippen LogP) is 1.77. The SMILES string of the molecule is COC(=O)Cc1ccc(OS(=O)(=O)c2c(C)noc2C)cc1. The fraction of sp³-hybridized carbons (Fsp3) is 0.286. The first-order valence-electron chi connectivity index (χ1n) is 6.36. The fourth-order valence-corrected chi connectivity index (χ4v) is 3.14. The van der Waals surface area contributed by atoms with Gasteiger partial charge in [0.15, 0.2) is 10.7 Å². The Kier molecular flexibility index (Phi) is 4.51. The van der Waals surface area contributed by atoms with Gasteiger partial charge in [0.05, 0.1) is 13.5 Å². The Morgan fingerprint density at radius 3 is 2.36 bits per heavy atom. The summed E-state index contributed by atoms with van der Waals surface area (Å²) >= 11 is 0. The summed E-state index contributed by atoms with van der Waals surface area (Å²) in [6.45, 7) is 3.02. The summed E-state index contributed by atoms with van der Waals surface area (Å²) in [5, 5.41) is 3.59. The van der Waals surface area contributed by atoms with Crippen molar-refractivity contribution in [3.8, 4) is 5.75 Å². The molecule has 1 aromatic carbocycles. The quantitative estimate of drug-likeness (QED) is 0.610. The molecule has 0 atom stereocenters. The Morgan fingerprint density at radius 1 is 1.23 bits per heavy atom. The molecule has 2 aromatic rings. The van der Waals surface area contributed by atoms with Crippen LogP contribution in [0.25, 0.3) is 0 Å². The second kappa shape index (κ2) is 6.18. The maximum atomic E-state index is 12.2. The van der Waals surface area contributed by atoms with E-state index in [2.05, 4.69) is 9.89 Å². The number of hydrogen-bond donors (Lipinski definition) is 0. The van der Waals surface area contributed by atoms with Crippen LogP contribution >= 0.6 is 0 Å². The molecule has 22 heavy (non-hydrogen) atoms. The molecule has 1 aromatic heterocycles. The molecule has 0 saturated heterocycles. The highest BCUT2D eigenvalue weighted by Crippen LogP contribution is 2.24. The Labute approximate surface area is 128 Å². The molecule has 1 heterocycles. The van der Waals surface area contributed by atoms with Gasteiger partial charge in [-0.15, -0.1) is 0 Å². The highest BCUT2D eigenvalue weighted by molar-refractivity contribution is 7.87. The van der Waals surface area contributed by atoms with E-state index >= 15 is 0 Å². The standard InChI is InChI=1S/C14H15NO6S/c1-9-14(10(2)20-15-9)22(17,18)21-12-6-4-11(5-7-12)8-13(16)19-3/h4-7H,8H2,1-3H3. The van der Waals surface area contributed by atoms with Crippen LogP contribution in [0.5, 0.6) is 5.75 Å². The largest absolute Gasteiger partial charge is 0.469 e. The number of aryl methyl sites for hydroxylation is 2. The molecule has 0 saturated carbocycles. The summed E-state index contributed by atoms with van der Waals surface area (Å²) in [4.78, 5) is 11.1. The van der Waals surface area contributed by atoms with Gasteiger partial charge >= 0.3 is 16.1 Å². The molecule has 2 rings (SSSR count). The first-order valence-corrected chi connectivity index (χ1v) is 7.77. The van der Waals surface area contributed by atoms with E-state index in [9.17, 15) is 13.2 Å². The first-order chi connectivity index (χ1) is 10.3. The van der Waals surface area contributed by atoms with Gasteiger partial charge in [0.2, 0.25) is 0 Å². The molecule has 0 amide bonds. The number of carbonyl (C=O) groups excluding carboxylic acids is 1. The smallest absolute Gasteiger partial charge is 0.344 e. The third-order valence-corrected chi connectivity index (χ3v) is 4.42. The number of esters is 1. The van der Waals surface area contributed by atoms with Crippen molar-refractivity contribution in [2.75, 3.05) is 7.11 Å². The van der Waals surface area contributed by atoms with Gasteiger partial charge < -0.3 is 13.4 Å². The molecular weight excluding hydrogens is 310 g/mol. The zero-order valence-corrected chi connectivity index (χ0v) is 13.1. The lowest BCUT2D eigenvalue weighted by atomic mass is 10.1. The number of ether oxygens (including phenoxy) is 1. The average molecular weight is 325 g/mol. The Hall–Kier alpha value is -2.35. The van der Waals surface area contributed by atoms with Crippen molar-refractivity contribution in [2.24, 2.45) is 0 Å². The second-order valence-electron chi connectivity index (χ2n) is 4.59. The zero-order chi connectivity index (χ0) is 16.3. The summed E-state index contributed by atoms with van der Waals surface area (Å²) in [7, 11) is -2.72. The van der Waals surface area contributed by atoms with Crippen molar-refractivity contribution in [2.45, 2.75) is 25.2 Å². The van der Waals surface area contributed by atoms with Gasteiger partial charge in [0.25, 0.3) is 0 Å². The summed E-state index contributed by atoms with van der Waals surface area (Å²) in [6.07, 6.45) is 0.105. The Balaban J connectivity index is 2.19. The van der Waals surface area contributed by atoms with E-state index in [-0.39, 0.29) is 34.5 Å². The lowest BCUT2D eigenvalue weighted by Gasteiger charge is -2.07. The molecule has 0 radical (unpaired) electrons.